The number of benzene rings is 1. The number of carbonyl (C=O) groups excluding carboxylic acids is 3. The maximum Gasteiger partial charge on any atom is 0.251 e. The number of allylic oxidation sites excluding steroid dienone is 4. The molecule has 27 heavy (non-hydrogen) atoms. The minimum absolute atomic E-state index is 0.0716. The second-order valence-corrected chi connectivity index (χ2v) is 7.28. The minimum atomic E-state index is -1.61. The van der Waals surface area contributed by atoms with Gasteiger partial charge in [-0.15, -0.1) is 0 Å². The molecule has 2 rings (SSSR count). The zero-order chi connectivity index (χ0) is 20.2. The van der Waals surface area contributed by atoms with Crippen molar-refractivity contribution in [2.24, 2.45) is 0 Å². The van der Waals surface area contributed by atoms with Gasteiger partial charge in [-0.25, -0.2) is 0 Å². The maximum absolute atomic E-state index is 12.5. The van der Waals surface area contributed by atoms with Crippen molar-refractivity contribution in [3.8, 4) is 0 Å². The van der Waals surface area contributed by atoms with Crippen LogP contribution < -0.4 is 5.32 Å². The van der Waals surface area contributed by atoms with Crippen LogP contribution in [0.4, 0.5) is 0 Å². The van der Waals surface area contributed by atoms with Crippen molar-refractivity contribution < 1.29 is 19.5 Å². The first kappa shape index (κ1) is 20.8. The summed E-state index contributed by atoms with van der Waals surface area (Å²) in [6.45, 7) is 6.76. The lowest BCUT2D eigenvalue weighted by Gasteiger charge is -2.24. The van der Waals surface area contributed by atoms with Gasteiger partial charge in [-0.2, -0.15) is 0 Å². The molecule has 1 aromatic rings. The molecule has 0 saturated carbocycles. The second-order valence-electron chi connectivity index (χ2n) is 7.28. The zero-order valence-electron chi connectivity index (χ0n) is 16.4. The molecule has 5 heteroatoms. The van der Waals surface area contributed by atoms with Crippen LogP contribution in [0.25, 0.3) is 0 Å². The largest absolute Gasteiger partial charge is 0.380 e. The number of rotatable bonds is 7. The molecule has 1 aliphatic rings. The molecule has 1 amide bonds. The SMILES string of the molecule is CC1=C(C)C(=O)C(CCC(C)(O)C(=O)NCCc2ccccc2)=C(C)C1=O. The van der Waals surface area contributed by atoms with Crippen molar-refractivity contribution in [2.45, 2.75) is 52.6 Å². The van der Waals surface area contributed by atoms with Crippen LogP contribution in [0.2, 0.25) is 0 Å². The molecule has 1 aliphatic carbocycles. The lowest BCUT2D eigenvalue weighted by molar-refractivity contribution is -0.138. The molecular formula is C22H27NO4. The molecule has 144 valence electrons. The lowest BCUT2D eigenvalue weighted by Crippen LogP contribution is -2.45. The number of ketones is 2. The van der Waals surface area contributed by atoms with Gasteiger partial charge in [0, 0.05) is 28.8 Å². The van der Waals surface area contributed by atoms with E-state index < -0.39 is 11.5 Å². The van der Waals surface area contributed by atoms with Crippen molar-refractivity contribution >= 4 is 17.5 Å². The third-order valence-corrected chi connectivity index (χ3v) is 5.20. The van der Waals surface area contributed by atoms with Gasteiger partial charge in [0.25, 0.3) is 5.91 Å². The Morgan fingerprint density at radius 2 is 1.56 bits per heavy atom. The fourth-order valence-corrected chi connectivity index (χ4v) is 3.09. The van der Waals surface area contributed by atoms with Crippen LogP contribution in [0.15, 0.2) is 52.6 Å². The van der Waals surface area contributed by atoms with Gasteiger partial charge in [0.05, 0.1) is 0 Å². The minimum Gasteiger partial charge on any atom is -0.380 e. The van der Waals surface area contributed by atoms with E-state index in [9.17, 15) is 19.5 Å². The first-order valence-corrected chi connectivity index (χ1v) is 9.16. The smallest absolute Gasteiger partial charge is 0.251 e. The Balaban J connectivity index is 1.94. The summed E-state index contributed by atoms with van der Waals surface area (Å²) >= 11 is 0. The molecule has 0 fully saturated rings. The van der Waals surface area contributed by atoms with Crippen molar-refractivity contribution in [1.82, 2.24) is 5.32 Å². The van der Waals surface area contributed by atoms with E-state index in [0.717, 1.165) is 5.56 Å². The van der Waals surface area contributed by atoms with Gasteiger partial charge in [0.2, 0.25) is 0 Å². The molecule has 1 aromatic carbocycles. The van der Waals surface area contributed by atoms with E-state index in [4.69, 9.17) is 0 Å². The van der Waals surface area contributed by atoms with Crippen molar-refractivity contribution in [1.29, 1.82) is 0 Å². The second kappa shape index (κ2) is 8.44. The van der Waals surface area contributed by atoms with Crippen LogP contribution in [-0.2, 0) is 20.8 Å². The summed E-state index contributed by atoms with van der Waals surface area (Å²) in [5, 5.41) is 13.3. The van der Waals surface area contributed by atoms with E-state index in [1.165, 1.54) is 6.92 Å². The Bertz CT molecular complexity index is 816. The van der Waals surface area contributed by atoms with E-state index >= 15 is 0 Å². The fourth-order valence-electron chi connectivity index (χ4n) is 3.09. The Morgan fingerprint density at radius 3 is 2.19 bits per heavy atom. The van der Waals surface area contributed by atoms with Crippen LogP contribution in [-0.4, -0.2) is 34.7 Å². The molecule has 0 saturated heterocycles. The Hall–Kier alpha value is -2.53. The van der Waals surface area contributed by atoms with Crippen LogP contribution in [0, 0.1) is 0 Å². The van der Waals surface area contributed by atoms with Gasteiger partial charge in [0.1, 0.15) is 5.60 Å². The zero-order valence-corrected chi connectivity index (χ0v) is 16.4. The summed E-state index contributed by atoms with van der Waals surface area (Å²) in [5.41, 5.74) is 1.18. The maximum atomic E-state index is 12.5. The third-order valence-electron chi connectivity index (χ3n) is 5.20. The van der Waals surface area contributed by atoms with Crippen LogP contribution in [0.5, 0.6) is 0 Å². The number of hydrogen-bond acceptors (Lipinski definition) is 4. The molecule has 0 radical (unpaired) electrons. The first-order valence-electron chi connectivity index (χ1n) is 9.16. The van der Waals surface area contributed by atoms with Gasteiger partial charge in [-0.05, 0) is 52.5 Å². The van der Waals surface area contributed by atoms with Gasteiger partial charge in [-0.1, -0.05) is 30.3 Å². The molecule has 1 unspecified atom stereocenters. The van der Waals surface area contributed by atoms with Crippen LogP contribution >= 0.6 is 0 Å². The van der Waals surface area contributed by atoms with E-state index in [2.05, 4.69) is 5.32 Å². The summed E-state index contributed by atoms with van der Waals surface area (Å²) in [6, 6.07) is 9.75. The van der Waals surface area contributed by atoms with E-state index in [1.807, 2.05) is 30.3 Å². The molecular weight excluding hydrogens is 342 g/mol. The molecule has 0 heterocycles. The average Bonchev–Trinajstić information content (AvgIpc) is 2.65. The summed E-state index contributed by atoms with van der Waals surface area (Å²) in [5.74, 6) is -0.798. The highest BCUT2D eigenvalue weighted by Crippen LogP contribution is 2.28. The van der Waals surface area contributed by atoms with E-state index in [-0.39, 0.29) is 24.4 Å². The number of Topliss-reactive ketones (excluding diaryl/α,β-unsaturated/α-hetero) is 2. The summed E-state index contributed by atoms with van der Waals surface area (Å²) in [7, 11) is 0. The highest BCUT2D eigenvalue weighted by atomic mass is 16.3. The monoisotopic (exact) mass is 369 g/mol. The number of hydrogen-bond donors (Lipinski definition) is 2. The summed E-state index contributed by atoms with van der Waals surface area (Å²) in [4.78, 5) is 37.0. The van der Waals surface area contributed by atoms with Gasteiger partial charge >= 0.3 is 0 Å². The molecule has 0 spiro atoms. The molecule has 5 nitrogen and oxygen atoms in total. The third kappa shape index (κ3) is 4.80. The highest BCUT2D eigenvalue weighted by molar-refractivity contribution is 6.24. The number of aliphatic hydroxyl groups is 1. The van der Waals surface area contributed by atoms with Crippen molar-refractivity contribution in [3.63, 3.8) is 0 Å². The van der Waals surface area contributed by atoms with Crippen LogP contribution in [0.3, 0.4) is 0 Å². The molecule has 0 aromatic heterocycles. The highest BCUT2D eigenvalue weighted by Gasteiger charge is 2.33. The quantitative estimate of drug-likeness (QED) is 0.724. The molecule has 0 aliphatic heterocycles. The Morgan fingerprint density at radius 1 is 0.963 bits per heavy atom. The Labute approximate surface area is 160 Å². The predicted molar refractivity (Wildman–Crippen MR) is 104 cm³/mol. The van der Waals surface area contributed by atoms with Crippen molar-refractivity contribution in [2.75, 3.05) is 6.54 Å². The summed E-state index contributed by atoms with van der Waals surface area (Å²) in [6.07, 6.45) is 0.922. The van der Waals surface area contributed by atoms with E-state index in [0.29, 0.717) is 35.3 Å². The van der Waals surface area contributed by atoms with Crippen molar-refractivity contribution in [3.05, 3.63) is 58.2 Å². The summed E-state index contributed by atoms with van der Waals surface area (Å²) < 4.78 is 0. The molecule has 2 N–H and O–H groups in total. The predicted octanol–water partition coefficient (Wildman–Crippen LogP) is 2.68. The number of carbonyl (C=O) groups is 3. The Kier molecular flexibility index (Phi) is 6.50. The van der Waals surface area contributed by atoms with Gasteiger partial charge in [0.15, 0.2) is 11.6 Å². The number of nitrogens with one attached hydrogen (secondary N) is 1. The molecule has 0 bridgehead atoms. The van der Waals surface area contributed by atoms with E-state index in [1.54, 1.807) is 20.8 Å². The fraction of sp³-hybridized carbons (Fsp3) is 0.409. The topological polar surface area (TPSA) is 83.5 Å². The van der Waals surface area contributed by atoms with Crippen LogP contribution in [0.1, 0.15) is 46.1 Å². The normalized spacial score (nSPS) is 17.2. The number of amides is 1. The van der Waals surface area contributed by atoms with Gasteiger partial charge < -0.3 is 10.4 Å². The molecule has 1 atom stereocenters. The first-order chi connectivity index (χ1) is 12.6. The lowest BCUT2D eigenvalue weighted by atomic mass is 9.82. The average molecular weight is 369 g/mol. The van der Waals surface area contributed by atoms with Gasteiger partial charge in [-0.3, -0.25) is 14.4 Å². The standard InChI is InChI=1S/C22H27NO4/c1-14-15(2)20(25)18(16(3)19(14)24)10-12-22(4,27)21(26)23-13-11-17-8-6-5-7-9-17/h5-9,27H,10-13H2,1-4H3,(H,23,26).